The highest BCUT2D eigenvalue weighted by atomic mass is 16.5. The van der Waals surface area contributed by atoms with Gasteiger partial charge in [0.1, 0.15) is 5.76 Å². The second kappa shape index (κ2) is 8.12. The lowest BCUT2D eigenvalue weighted by Gasteiger charge is -2.36. The van der Waals surface area contributed by atoms with Crippen molar-refractivity contribution in [1.29, 1.82) is 0 Å². The summed E-state index contributed by atoms with van der Waals surface area (Å²) in [6, 6.07) is 3.53. The molecular formula is C19H26N2O6. The summed E-state index contributed by atoms with van der Waals surface area (Å²) in [5.41, 5.74) is 0. The van der Waals surface area contributed by atoms with Crippen LogP contribution >= 0.6 is 0 Å². The number of esters is 1. The first-order valence-electron chi connectivity index (χ1n) is 9.28. The number of morpholine rings is 1. The molecule has 3 heterocycles. The number of carbonyl (C=O) groups is 3. The second-order valence-corrected chi connectivity index (χ2v) is 7.33. The van der Waals surface area contributed by atoms with Crippen LogP contribution in [0.2, 0.25) is 0 Å². The van der Waals surface area contributed by atoms with Crippen LogP contribution in [0.4, 0.5) is 0 Å². The van der Waals surface area contributed by atoms with Crippen molar-refractivity contribution in [2.75, 3.05) is 19.6 Å². The average Bonchev–Trinajstić information content (AvgIpc) is 3.24. The third-order valence-corrected chi connectivity index (χ3v) is 4.85. The molecule has 0 saturated carbocycles. The highest BCUT2D eigenvalue weighted by molar-refractivity contribution is 5.89. The van der Waals surface area contributed by atoms with E-state index in [0.29, 0.717) is 25.4 Å². The number of hydrogen-bond donors (Lipinski definition) is 0. The number of ether oxygens (including phenoxy) is 2. The Balaban J connectivity index is 1.52. The minimum Gasteiger partial charge on any atom is -0.467 e. The van der Waals surface area contributed by atoms with Gasteiger partial charge in [0.2, 0.25) is 5.91 Å². The van der Waals surface area contributed by atoms with Gasteiger partial charge in [0.05, 0.1) is 30.9 Å². The number of likely N-dealkylation sites (tertiary alicyclic amines) is 1. The van der Waals surface area contributed by atoms with Gasteiger partial charge in [-0.2, -0.15) is 0 Å². The molecule has 2 saturated heterocycles. The van der Waals surface area contributed by atoms with Gasteiger partial charge in [-0.3, -0.25) is 14.4 Å². The zero-order chi connectivity index (χ0) is 19.6. The van der Waals surface area contributed by atoms with E-state index in [1.807, 2.05) is 13.8 Å². The lowest BCUT2D eigenvalue weighted by molar-refractivity contribution is -0.166. The maximum atomic E-state index is 12.6. The molecule has 8 heteroatoms. The molecule has 0 N–H and O–H groups in total. The average molecular weight is 378 g/mol. The Morgan fingerprint density at radius 3 is 2.59 bits per heavy atom. The molecule has 148 valence electrons. The molecule has 2 aliphatic heterocycles. The Hall–Kier alpha value is -2.35. The number of rotatable bonds is 5. The van der Waals surface area contributed by atoms with Crippen LogP contribution < -0.4 is 0 Å². The maximum Gasteiger partial charge on any atom is 0.312 e. The number of hydrogen-bond acceptors (Lipinski definition) is 6. The van der Waals surface area contributed by atoms with E-state index in [4.69, 9.17) is 13.9 Å². The Bertz CT molecular complexity index is 678. The molecule has 0 spiro atoms. The first-order chi connectivity index (χ1) is 12.8. The molecular weight excluding hydrogens is 352 g/mol. The van der Waals surface area contributed by atoms with Gasteiger partial charge in [0.25, 0.3) is 5.91 Å². The Morgan fingerprint density at radius 1 is 1.26 bits per heavy atom. The summed E-state index contributed by atoms with van der Waals surface area (Å²) < 4.78 is 16.3. The Labute approximate surface area is 158 Å². The molecule has 2 fully saturated rings. The van der Waals surface area contributed by atoms with Crippen molar-refractivity contribution in [1.82, 2.24) is 9.80 Å². The molecule has 0 radical (unpaired) electrons. The number of furan rings is 1. The van der Waals surface area contributed by atoms with Crippen molar-refractivity contribution in [3.05, 3.63) is 24.2 Å². The van der Waals surface area contributed by atoms with Crippen LogP contribution in [0.25, 0.3) is 0 Å². The first kappa shape index (κ1) is 19.4. The molecule has 0 aromatic carbocycles. The molecule has 4 atom stereocenters. The molecule has 0 bridgehead atoms. The van der Waals surface area contributed by atoms with E-state index in [-0.39, 0.29) is 37.0 Å². The maximum absolute atomic E-state index is 12.6. The van der Waals surface area contributed by atoms with E-state index in [0.717, 1.165) is 0 Å². The van der Waals surface area contributed by atoms with Crippen molar-refractivity contribution >= 4 is 17.8 Å². The molecule has 0 unspecified atom stereocenters. The smallest absolute Gasteiger partial charge is 0.312 e. The summed E-state index contributed by atoms with van der Waals surface area (Å²) in [6.45, 7) is 6.93. The summed E-state index contributed by atoms with van der Waals surface area (Å²) in [5.74, 6) is -0.771. The van der Waals surface area contributed by atoms with Gasteiger partial charge < -0.3 is 23.7 Å². The van der Waals surface area contributed by atoms with E-state index in [1.165, 1.54) is 0 Å². The van der Waals surface area contributed by atoms with Gasteiger partial charge in [-0.1, -0.05) is 0 Å². The van der Waals surface area contributed by atoms with E-state index >= 15 is 0 Å². The van der Waals surface area contributed by atoms with Crippen molar-refractivity contribution in [2.24, 2.45) is 5.92 Å². The fourth-order valence-electron chi connectivity index (χ4n) is 3.61. The fourth-order valence-corrected chi connectivity index (χ4v) is 3.61. The third-order valence-electron chi connectivity index (χ3n) is 4.85. The topological polar surface area (TPSA) is 89.3 Å². The van der Waals surface area contributed by atoms with E-state index in [2.05, 4.69) is 0 Å². The highest BCUT2D eigenvalue weighted by Crippen LogP contribution is 2.22. The van der Waals surface area contributed by atoms with Crippen molar-refractivity contribution < 1.29 is 28.3 Å². The normalized spacial score (nSPS) is 26.9. The van der Waals surface area contributed by atoms with Gasteiger partial charge >= 0.3 is 5.97 Å². The minimum atomic E-state index is -0.885. The molecule has 0 aliphatic carbocycles. The summed E-state index contributed by atoms with van der Waals surface area (Å²) in [5, 5.41) is 0. The second-order valence-electron chi connectivity index (χ2n) is 7.33. The third kappa shape index (κ3) is 4.68. The molecule has 1 aromatic heterocycles. The highest BCUT2D eigenvalue weighted by Gasteiger charge is 2.38. The van der Waals surface area contributed by atoms with E-state index < -0.39 is 18.0 Å². The van der Waals surface area contributed by atoms with Crippen molar-refractivity contribution in [2.45, 2.75) is 52.0 Å². The van der Waals surface area contributed by atoms with Crippen LogP contribution in [-0.2, 0) is 30.4 Å². The van der Waals surface area contributed by atoms with Gasteiger partial charge in [-0.25, -0.2) is 0 Å². The minimum absolute atomic E-state index is 0.0526. The Morgan fingerprint density at radius 2 is 1.96 bits per heavy atom. The van der Waals surface area contributed by atoms with Crippen LogP contribution in [0.1, 0.15) is 33.0 Å². The molecule has 1 aromatic rings. The fraction of sp³-hybridized carbons (Fsp3) is 0.632. The molecule has 2 amide bonds. The van der Waals surface area contributed by atoms with Crippen molar-refractivity contribution in [3.8, 4) is 0 Å². The quantitative estimate of drug-likeness (QED) is 0.715. The van der Waals surface area contributed by atoms with Gasteiger partial charge in [0, 0.05) is 26.1 Å². The van der Waals surface area contributed by atoms with E-state index in [9.17, 15) is 14.4 Å². The lowest BCUT2D eigenvalue weighted by Crippen LogP contribution is -2.51. The SMILES string of the molecule is C[C@@H]1CN(C(=O)[C@H](C)OC(=O)[C@@H]2CC(=O)N(Cc3ccco3)C2)C[C@@H](C)O1. The van der Waals surface area contributed by atoms with Crippen LogP contribution in [0.15, 0.2) is 22.8 Å². The predicted molar refractivity (Wildman–Crippen MR) is 94.4 cm³/mol. The summed E-state index contributed by atoms with van der Waals surface area (Å²) in [6.07, 6.45) is 0.643. The molecule has 2 aliphatic rings. The molecule has 27 heavy (non-hydrogen) atoms. The van der Waals surface area contributed by atoms with Crippen molar-refractivity contribution in [3.63, 3.8) is 0 Å². The largest absolute Gasteiger partial charge is 0.467 e. The van der Waals surface area contributed by atoms with Gasteiger partial charge in [-0.15, -0.1) is 0 Å². The zero-order valence-corrected chi connectivity index (χ0v) is 15.9. The van der Waals surface area contributed by atoms with Crippen LogP contribution in [0, 0.1) is 5.92 Å². The summed E-state index contributed by atoms with van der Waals surface area (Å²) >= 11 is 0. The number of nitrogens with zero attached hydrogens (tertiary/aromatic N) is 2. The van der Waals surface area contributed by atoms with Crippen LogP contribution in [0.3, 0.4) is 0 Å². The first-order valence-corrected chi connectivity index (χ1v) is 9.28. The number of carbonyl (C=O) groups excluding carboxylic acids is 3. The molecule has 3 rings (SSSR count). The lowest BCUT2D eigenvalue weighted by atomic mass is 10.1. The van der Waals surface area contributed by atoms with Gasteiger partial charge in [0.15, 0.2) is 6.10 Å². The van der Waals surface area contributed by atoms with E-state index in [1.54, 1.807) is 35.1 Å². The van der Waals surface area contributed by atoms with Crippen LogP contribution in [-0.4, -0.2) is 65.5 Å². The molecule has 8 nitrogen and oxygen atoms in total. The summed E-state index contributed by atoms with van der Waals surface area (Å²) in [7, 11) is 0. The van der Waals surface area contributed by atoms with Gasteiger partial charge in [-0.05, 0) is 32.9 Å². The predicted octanol–water partition coefficient (Wildman–Crippen LogP) is 1.20. The zero-order valence-electron chi connectivity index (χ0n) is 15.9. The number of amides is 2. The Kier molecular flexibility index (Phi) is 5.84. The van der Waals surface area contributed by atoms with Crippen LogP contribution in [0.5, 0.6) is 0 Å². The monoisotopic (exact) mass is 378 g/mol. The summed E-state index contributed by atoms with van der Waals surface area (Å²) in [4.78, 5) is 40.4. The standard InChI is InChI=1S/C19H26N2O6/c1-12-8-21(9-13(2)26-12)18(23)14(3)27-19(24)15-7-17(22)20(10-15)11-16-5-4-6-25-16/h4-6,12-15H,7-11H2,1-3H3/t12-,13-,14+,15-/m1/s1.